The number of hydrogen-bond donors (Lipinski definition) is 1. The number of anilines is 1. The Bertz CT molecular complexity index is 555. The summed E-state index contributed by atoms with van der Waals surface area (Å²) < 4.78 is 31.9. The van der Waals surface area contributed by atoms with Crippen LogP contribution in [0.2, 0.25) is 0 Å². The van der Waals surface area contributed by atoms with Crippen LogP contribution < -0.4 is 5.32 Å². The molecule has 0 aromatic heterocycles. The van der Waals surface area contributed by atoms with Crippen LogP contribution in [0.15, 0.2) is 18.2 Å². The molecule has 1 aliphatic rings. The lowest BCUT2D eigenvalue weighted by Crippen LogP contribution is -2.50. The van der Waals surface area contributed by atoms with Gasteiger partial charge in [0.2, 0.25) is 5.91 Å². The molecule has 6 nitrogen and oxygen atoms in total. The van der Waals surface area contributed by atoms with E-state index in [9.17, 15) is 18.4 Å². The SMILES string of the molecule is CCOC(=O)N1CCN(CC(=O)Nc2c(F)cccc2F)CC1. The molecule has 126 valence electrons. The molecule has 1 aromatic rings. The number of nitrogens with zero attached hydrogens (tertiary/aromatic N) is 2. The summed E-state index contributed by atoms with van der Waals surface area (Å²) in [6, 6.07) is 3.39. The normalized spacial score (nSPS) is 15.3. The second-order valence-corrected chi connectivity index (χ2v) is 5.11. The van der Waals surface area contributed by atoms with Gasteiger partial charge in [0, 0.05) is 26.2 Å². The molecular formula is C15H19F2N3O3. The van der Waals surface area contributed by atoms with Crippen LogP contribution in [-0.4, -0.2) is 61.1 Å². The van der Waals surface area contributed by atoms with Crippen molar-refractivity contribution in [2.24, 2.45) is 0 Å². The molecule has 1 aromatic carbocycles. The van der Waals surface area contributed by atoms with Crippen LogP contribution in [-0.2, 0) is 9.53 Å². The highest BCUT2D eigenvalue weighted by molar-refractivity contribution is 5.92. The molecule has 1 saturated heterocycles. The predicted octanol–water partition coefficient (Wildman–Crippen LogP) is 1.68. The van der Waals surface area contributed by atoms with Crippen molar-refractivity contribution in [2.75, 3.05) is 44.6 Å². The van der Waals surface area contributed by atoms with Crippen molar-refractivity contribution in [1.82, 2.24) is 9.80 Å². The number of benzene rings is 1. The third-order valence-electron chi connectivity index (χ3n) is 3.49. The quantitative estimate of drug-likeness (QED) is 0.914. The van der Waals surface area contributed by atoms with E-state index < -0.39 is 23.2 Å². The fraction of sp³-hybridized carbons (Fsp3) is 0.467. The van der Waals surface area contributed by atoms with Crippen LogP contribution in [0.5, 0.6) is 0 Å². The molecule has 0 spiro atoms. The monoisotopic (exact) mass is 327 g/mol. The van der Waals surface area contributed by atoms with Gasteiger partial charge in [-0.15, -0.1) is 0 Å². The van der Waals surface area contributed by atoms with Gasteiger partial charge in [0.25, 0.3) is 0 Å². The molecule has 0 bridgehead atoms. The van der Waals surface area contributed by atoms with Crippen LogP contribution in [0.3, 0.4) is 0 Å². The largest absolute Gasteiger partial charge is 0.450 e. The highest BCUT2D eigenvalue weighted by Gasteiger charge is 2.23. The van der Waals surface area contributed by atoms with Crippen molar-refractivity contribution >= 4 is 17.7 Å². The highest BCUT2D eigenvalue weighted by atomic mass is 19.1. The highest BCUT2D eigenvalue weighted by Crippen LogP contribution is 2.17. The summed E-state index contributed by atoms with van der Waals surface area (Å²) in [4.78, 5) is 26.9. The van der Waals surface area contributed by atoms with Gasteiger partial charge in [0.1, 0.15) is 17.3 Å². The van der Waals surface area contributed by atoms with E-state index in [1.165, 1.54) is 6.07 Å². The maximum Gasteiger partial charge on any atom is 0.409 e. The summed E-state index contributed by atoms with van der Waals surface area (Å²) >= 11 is 0. The lowest BCUT2D eigenvalue weighted by molar-refractivity contribution is -0.117. The van der Waals surface area contributed by atoms with E-state index >= 15 is 0 Å². The van der Waals surface area contributed by atoms with Gasteiger partial charge in [-0.2, -0.15) is 0 Å². The van der Waals surface area contributed by atoms with Crippen LogP contribution in [0, 0.1) is 11.6 Å². The van der Waals surface area contributed by atoms with Crippen molar-refractivity contribution in [1.29, 1.82) is 0 Å². The van der Waals surface area contributed by atoms with Gasteiger partial charge >= 0.3 is 6.09 Å². The van der Waals surface area contributed by atoms with Gasteiger partial charge < -0.3 is 15.0 Å². The molecule has 0 atom stereocenters. The molecule has 23 heavy (non-hydrogen) atoms. The molecule has 2 amide bonds. The second kappa shape index (κ2) is 7.87. The summed E-state index contributed by atoms with van der Waals surface area (Å²) in [5, 5.41) is 2.24. The number of nitrogens with one attached hydrogen (secondary N) is 1. The molecular weight excluding hydrogens is 308 g/mol. The molecule has 0 unspecified atom stereocenters. The number of ether oxygens (including phenoxy) is 1. The first-order chi connectivity index (χ1) is 11.0. The summed E-state index contributed by atoms with van der Waals surface area (Å²) in [6.45, 7) is 3.93. The fourth-order valence-electron chi connectivity index (χ4n) is 2.30. The van der Waals surface area contributed by atoms with Crippen LogP contribution >= 0.6 is 0 Å². The number of carbonyl (C=O) groups excluding carboxylic acids is 2. The molecule has 0 radical (unpaired) electrons. The van der Waals surface area contributed by atoms with Crippen molar-refractivity contribution in [3.63, 3.8) is 0 Å². The average Bonchev–Trinajstić information content (AvgIpc) is 2.52. The maximum atomic E-state index is 13.5. The number of para-hydroxylation sites is 1. The first-order valence-electron chi connectivity index (χ1n) is 7.39. The van der Waals surface area contributed by atoms with E-state index in [0.717, 1.165) is 12.1 Å². The molecule has 0 aliphatic carbocycles. The second-order valence-electron chi connectivity index (χ2n) is 5.11. The van der Waals surface area contributed by atoms with Crippen LogP contribution in [0.25, 0.3) is 0 Å². The van der Waals surface area contributed by atoms with E-state index in [4.69, 9.17) is 4.74 Å². The molecule has 1 N–H and O–H groups in total. The smallest absolute Gasteiger partial charge is 0.409 e. The zero-order valence-electron chi connectivity index (χ0n) is 12.8. The predicted molar refractivity (Wildman–Crippen MR) is 80.0 cm³/mol. The Balaban J connectivity index is 1.82. The average molecular weight is 327 g/mol. The van der Waals surface area contributed by atoms with Gasteiger partial charge in [0.05, 0.1) is 13.2 Å². The number of rotatable bonds is 4. The minimum Gasteiger partial charge on any atom is -0.450 e. The van der Waals surface area contributed by atoms with Gasteiger partial charge in [-0.1, -0.05) is 6.07 Å². The van der Waals surface area contributed by atoms with Gasteiger partial charge in [-0.25, -0.2) is 13.6 Å². The third kappa shape index (κ3) is 4.62. The number of halogens is 2. The Hall–Kier alpha value is -2.22. The lowest BCUT2D eigenvalue weighted by Gasteiger charge is -2.33. The number of piperazine rings is 1. The zero-order chi connectivity index (χ0) is 16.8. The van der Waals surface area contributed by atoms with Gasteiger partial charge in [-0.3, -0.25) is 9.69 Å². The van der Waals surface area contributed by atoms with Gasteiger partial charge in [-0.05, 0) is 19.1 Å². The Morgan fingerprint density at radius 3 is 2.35 bits per heavy atom. The molecule has 1 aliphatic heterocycles. The van der Waals surface area contributed by atoms with E-state index in [2.05, 4.69) is 5.32 Å². The molecule has 8 heteroatoms. The van der Waals surface area contributed by atoms with Crippen molar-refractivity contribution in [2.45, 2.75) is 6.92 Å². The Morgan fingerprint density at radius 1 is 1.17 bits per heavy atom. The molecule has 2 rings (SSSR count). The summed E-state index contributed by atoms with van der Waals surface area (Å²) in [6.07, 6.45) is -0.370. The summed E-state index contributed by atoms with van der Waals surface area (Å²) in [5.74, 6) is -2.13. The van der Waals surface area contributed by atoms with E-state index in [-0.39, 0.29) is 12.6 Å². The first-order valence-corrected chi connectivity index (χ1v) is 7.39. The summed E-state index contributed by atoms with van der Waals surface area (Å²) in [5.41, 5.74) is -0.442. The lowest BCUT2D eigenvalue weighted by atomic mass is 10.2. The zero-order valence-corrected chi connectivity index (χ0v) is 12.8. The Labute approximate surface area is 133 Å². The van der Waals surface area contributed by atoms with Crippen molar-refractivity contribution < 1.29 is 23.1 Å². The maximum absolute atomic E-state index is 13.5. The molecule has 1 fully saturated rings. The number of amides is 2. The van der Waals surface area contributed by atoms with E-state index in [1.54, 1.807) is 11.8 Å². The van der Waals surface area contributed by atoms with Gasteiger partial charge in [0.15, 0.2) is 0 Å². The minimum atomic E-state index is -0.814. The van der Waals surface area contributed by atoms with Crippen LogP contribution in [0.1, 0.15) is 6.92 Å². The van der Waals surface area contributed by atoms with E-state index in [0.29, 0.717) is 32.8 Å². The van der Waals surface area contributed by atoms with E-state index in [1.807, 2.05) is 4.90 Å². The third-order valence-corrected chi connectivity index (χ3v) is 3.49. The number of hydrogen-bond acceptors (Lipinski definition) is 4. The Kier molecular flexibility index (Phi) is 5.86. The topological polar surface area (TPSA) is 61.9 Å². The van der Waals surface area contributed by atoms with Crippen molar-refractivity contribution in [3.8, 4) is 0 Å². The van der Waals surface area contributed by atoms with Crippen LogP contribution in [0.4, 0.5) is 19.3 Å². The Morgan fingerprint density at radius 2 is 1.78 bits per heavy atom. The van der Waals surface area contributed by atoms with Crippen molar-refractivity contribution in [3.05, 3.63) is 29.8 Å². The number of carbonyl (C=O) groups is 2. The standard InChI is InChI=1S/C15H19F2N3O3/c1-2-23-15(22)20-8-6-19(7-9-20)10-13(21)18-14-11(16)4-3-5-12(14)17/h3-5H,2,6-10H2,1H3,(H,18,21). The fourth-order valence-corrected chi connectivity index (χ4v) is 2.30. The molecule has 1 heterocycles. The minimum absolute atomic E-state index is 0.00440. The summed E-state index contributed by atoms with van der Waals surface area (Å²) in [7, 11) is 0. The first kappa shape index (κ1) is 17.1. The molecule has 0 saturated carbocycles.